The van der Waals surface area contributed by atoms with Gasteiger partial charge in [0.25, 0.3) is 5.78 Å². The smallest absolute Gasteiger partial charge is 0.306 e. The van der Waals surface area contributed by atoms with Gasteiger partial charge < -0.3 is 4.74 Å². The van der Waals surface area contributed by atoms with Crippen LogP contribution in [0.1, 0.15) is 28.9 Å². The molecule has 0 aliphatic heterocycles. The first kappa shape index (κ1) is 16.0. The number of nitrogens with zero attached hydrogens (tertiary/aromatic N) is 4. The van der Waals surface area contributed by atoms with E-state index in [0.29, 0.717) is 17.8 Å². The molecule has 0 spiro atoms. The van der Waals surface area contributed by atoms with Gasteiger partial charge in [0.2, 0.25) is 0 Å². The maximum atomic E-state index is 13.5. The van der Waals surface area contributed by atoms with Gasteiger partial charge in [0.05, 0.1) is 0 Å². The van der Waals surface area contributed by atoms with E-state index in [9.17, 15) is 9.18 Å². The van der Waals surface area contributed by atoms with Crippen LogP contribution in [0.2, 0.25) is 0 Å². The molecule has 0 bridgehead atoms. The van der Waals surface area contributed by atoms with Crippen LogP contribution in [-0.4, -0.2) is 25.6 Å². The van der Waals surface area contributed by atoms with Crippen molar-refractivity contribution in [2.45, 2.75) is 33.3 Å². The Morgan fingerprint density at radius 2 is 2.08 bits per heavy atom. The lowest BCUT2D eigenvalue weighted by Crippen LogP contribution is -2.10. The fraction of sp³-hybridized carbons (Fsp3) is 0.294. The zero-order valence-electron chi connectivity index (χ0n) is 13.5. The lowest BCUT2D eigenvalue weighted by atomic mass is 10.1. The third-order valence-corrected chi connectivity index (χ3v) is 3.91. The summed E-state index contributed by atoms with van der Waals surface area (Å²) in [5.41, 5.74) is 3.02. The van der Waals surface area contributed by atoms with Crippen LogP contribution in [0.5, 0.6) is 0 Å². The number of carbonyl (C=O) groups is 1. The van der Waals surface area contributed by atoms with Gasteiger partial charge in [-0.2, -0.15) is 10.1 Å². The van der Waals surface area contributed by atoms with Crippen molar-refractivity contribution in [2.24, 2.45) is 0 Å². The SMILES string of the molecule is Cc1nc2ncnn2c(C)c1CCC(=O)OCc1ccccc1F. The van der Waals surface area contributed by atoms with E-state index in [4.69, 9.17) is 4.74 Å². The molecular formula is C17H17FN4O2. The van der Waals surface area contributed by atoms with Gasteiger partial charge in [-0.1, -0.05) is 18.2 Å². The topological polar surface area (TPSA) is 69.4 Å². The molecule has 24 heavy (non-hydrogen) atoms. The van der Waals surface area contributed by atoms with Crippen molar-refractivity contribution in [1.82, 2.24) is 19.6 Å². The highest BCUT2D eigenvalue weighted by Gasteiger charge is 2.13. The van der Waals surface area contributed by atoms with E-state index in [1.165, 1.54) is 12.4 Å². The molecule has 2 heterocycles. The van der Waals surface area contributed by atoms with E-state index in [1.54, 1.807) is 22.7 Å². The first-order valence-electron chi connectivity index (χ1n) is 7.61. The molecule has 0 N–H and O–H groups in total. The van der Waals surface area contributed by atoms with E-state index in [2.05, 4.69) is 15.1 Å². The molecule has 7 heteroatoms. The summed E-state index contributed by atoms with van der Waals surface area (Å²) >= 11 is 0. The Kier molecular flexibility index (Phi) is 4.50. The van der Waals surface area contributed by atoms with Crippen LogP contribution < -0.4 is 0 Å². The van der Waals surface area contributed by atoms with Crippen LogP contribution in [0.4, 0.5) is 4.39 Å². The maximum Gasteiger partial charge on any atom is 0.306 e. The lowest BCUT2D eigenvalue weighted by Gasteiger charge is -2.10. The van der Waals surface area contributed by atoms with Gasteiger partial charge >= 0.3 is 5.97 Å². The van der Waals surface area contributed by atoms with Crippen LogP contribution >= 0.6 is 0 Å². The number of carbonyl (C=O) groups excluding carboxylic acids is 1. The number of fused-ring (bicyclic) bond motifs is 1. The summed E-state index contributed by atoms with van der Waals surface area (Å²) in [6.45, 7) is 3.72. The van der Waals surface area contributed by atoms with Crippen LogP contribution in [0.3, 0.4) is 0 Å². The van der Waals surface area contributed by atoms with Crippen molar-refractivity contribution in [3.63, 3.8) is 0 Å². The Balaban J connectivity index is 1.63. The Hall–Kier alpha value is -2.83. The van der Waals surface area contributed by atoms with Gasteiger partial charge in [-0.25, -0.2) is 13.9 Å². The number of ether oxygens (including phenoxy) is 1. The lowest BCUT2D eigenvalue weighted by molar-refractivity contribution is -0.144. The molecule has 0 amide bonds. The van der Waals surface area contributed by atoms with Gasteiger partial charge in [-0.05, 0) is 31.9 Å². The number of aryl methyl sites for hydroxylation is 2. The Morgan fingerprint density at radius 1 is 1.29 bits per heavy atom. The fourth-order valence-electron chi connectivity index (χ4n) is 2.59. The molecule has 0 atom stereocenters. The van der Waals surface area contributed by atoms with Crippen molar-refractivity contribution in [3.05, 3.63) is 58.9 Å². The summed E-state index contributed by atoms with van der Waals surface area (Å²) in [6, 6.07) is 6.24. The predicted molar refractivity (Wildman–Crippen MR) is 84.8 cm³/mol. The molecule has 0 fully saturated rings. The van der Waals surface area contributed by atoms with Gasteiger partial charge in [-0.15, -0.1) is 0 Å². The summed E-state index contributed by atoms with van der Waals surface area (Å²) in [7, 11) is 0. The number of benzene rings is 1. The predicted octanol–water partition coefficient (Wildman–Crippen LogP) is 2.56. The fourth-order valence-corrected chi connectivity index (χ4v) is 2.59. The van der Waals surface area contributed by atoms with Crippen LogP contribution in [0.15, 0.2) is 30.6 Å². The second-order valence-electron chi connectivity index (χ2n) is 5.49. The van der Waals surface area contributed by atoms with Crippen molar-refractivity contribution in [3.8, 4) is 0 Å². The molecule has 1 aromatic carbocycles. The minimum atomic E-state index is -0.379. The second kappa shape index (κ2) is 6.74. The standard InChI is InChI=1S/C17H17FN4O2/c1-11-14(12(2)22-17(21-11)19-10-20-22)7-8-16(23)24-9-13-5-3-4-6-15(13)18/h3-6,10H,7-9H2,1-2H3. The number of hydrogen-bond donors (Lipinski definition) is 0. The van der Waals surface area contributed by atoms with E-state index in [-0.39, 0.29) is 24.8 Å². The van der Waals surface area contributed by atoms with Gasteiger partial charge in [0.15, 0.2) is 0 Å². The van der Waals surface area contributed by atoms with E-state index in [1.807, 2.05) is 13.8 Å². The van der Waals surface area contributed by atoms with Crippen LogP contribution in [-0.2, 0) is 22.6 Å². The first-order chi connectivity index (χ1) is 11.6. The normalized spacial score (nSPS) is 11.0. The molecule has 0 aliphatic carbocycles. The molecular weight excluding hydrogens is 311 g/mol. The van der Waals surface area contributed by atoms with Crippen molar-refractivity contribution in [1.29, 1.82) is 0 Å². The molecule has 2 aromatic heterocycles. The molecule has 124 valence electrons. The molecule has 0 unspecified atom stereocenters. The molecule has 6 nitrogen and oxygen atoms in total. The average Bonchev–Trinajstić information content (AvgIpc) is 3.02. The molecule has 0 saturated heterocycles. The van der Waals surface area contributed by atoms with Crippen molar-refractivity contribution >= 4 is 11.7 Å². The van der Waals surface area contributed by atoms with Gasteiger partial charge in [0.1, 0.15) is 18.8 Å². The first-order valence-corrected chi connectivity index (χ1v) is 7.61. The molecule has 3 rings (SSSR count). The largest absolute Gasteiger partial charge is 0.461 e. The highest BCUT2D eigenvalue weighted by Crippen LogP contribution is 2.15. The number of esters is 1. The van der Waals surface area contributed by atoms with Gasteiger partial charge in [-0.3, -0.25) is 4.79 Å². The highest BCUT2D eigenvalue weighted by atomic mass is 19.1. The summed E-state index contributed by atoms with van der Waals surface area (Å²) < 4.78 is 20.3. The van der Waals surface area contributed by atoms with Crippen molar-refractivity contribution < 1.29 is 13.9 Å². The molecule has 0 radical (unpaired) electrons. The van der Waals surface area contributed by atoms with Gasteiger partial charge in [0, 0.05) is 23.4 Å². The summed E-state index contributed by atoms with van der Waals surface area (Å²) in [6.07, 6.45) is 2.12. The molecule has 3 aromatic rings. The number of halogens is 1. The zero-order chi connectivity index (χ0) is 17.1. The number of rotatable bonds is 5. The average molecular weight is 328 g/mol. The quantitative estimate of drug-likeness (QED) is 0.673. The highest BCUT2D eigenvalue weighted by molar-refractivity contribution is 5.69. The Morgan fingerprint density at radius 3 is 2.88 bits per heavy atom. The monoisotopic (exact) mass is 328 g/mol. The summed E-state index contributed by atoms with van der Waals surface area (Å²) in [4.78, 5) is 20.4. The maximum absolute atomic E-state index is 13.5. The van der Waals surface area contributed by atoms with Crippen molar-refractivity contribution in [2.75, 3.05) is 0 Å². The Labute approximate surface area is 138 Å². The van der Waals surface area contributed by atoms with E-state index >= 15 is 0 Å². The van der Waals surface area contributed by atoms with E-state index < -0.39 is 0 Å². The molecule has 0 saturated carbocycles. The Bertz CT molecular complexity index is 891. The second-order valence-corrected chi connectivity index (χ2v) is 5.49. The van der Waals surface area contributed by atoms with E-state index in [0.717, 1.165) is 17.0 Å². The minimum absolute atomic E-state index is 0.0656. The zero-order valence-corrected chi connectivity index (χ0v) is 13.5. The van der Waals surface area contributed by atoms with Crippen LogP contribution in [0.25, 0.3) is 5.78 Å². The summed E-state index contributed by atoms with van der Waals surface area (Å²) in [5.74, 6) is -0.218. The summed E-state index contributed by atoms with van der Waals surface area (Å²) in [5, 5.41) is 4.12. The third kappa shape index (κ3) is 3.24. The third-order valence-electron chi connectivity index (χ3n) is 3.91. The van der Waals surface area contributed by atoms with Crippen LogP contribution in [0, 0.1) is 19.7 Å². The number of hydrogen-bond acceptors (Lipinski definition) is 5. The number of aromatic nitrogens is 4. The minimum Gasteiger partial charge on any atom is -0.461 e. The molecule has 0 aliphatic rings.